The topological polar surface area (TPSA) is 37.9 Å². The third-order valence-corrected chi connectivity index (χ3v) is 3.52. The normalized spacial score (nSPS) is 10.7. The Balaban J connectivity index is 1.56. The van der Waals surface area contributed by atoms with E-state index >= 15 is 0 Å². The van der Waals surface area contributed by atoms with Crippen molar-refractivity contribution in [3.05, 3.63) is 47.0 Å². The highest BCUT2D eigenvalue weighted by atomic mass is 35.5. The SMILES string of the molecule is Cc1ccc(Cl)c(OCCCCCCc2ncc[nH]2)c1. The summed E-state index contributed by atoms with van der Waals surface area (Å²) in [5.41, 5.74) is 1.17. The van der Waals surface area contributed by atoms with Crippen LogP contribution in [0.15, 0.2) is 30.6 Å². The molecule has 3 nitrogen and oxygen atoms in total. The number of nitrogens with one attached hydrogen (secondary N) is 1. The molecule has 2 rings (SSSR count). The first-order valence-electron chi connectivity index (χ1n) is 7.13. The van der Waals surface area contributed by atoms with Crippen LogP contribution in [0, 0.1) is 6.92 Å². The number of rotatable bonds is 8. The Bertz CT molecular complexity index is 511. The number of hydrogen-bond donors (Lipinski definition) is 1. The van der Waals surface area contributed by atoms with Gasteiger partial charge in [0, 0.05) is 18.8 Å². The summed E-state index contributed by atoms with van der Waals surface area (Å²) < 4.78 is 5.72. The Morgan fingerprint density at radius 3 is 2.85 bits per heavy atom. The van der Waals surface area contributed by atoms with Gasteiger partial charge in [-0.3, -0.25) is 0 Å². The molecule has 0 fully saturated rings. The molecular weight excluding hydrogens is 272 g/mol. The van der Waals surface area contributed by atoms with Gasteiger partial charge < -0.3 is 9.72 Å². The second-order valence-corrected chi connectivity index (χ2v) is 5.39. The van der Waals surface area contributed by atoms with E-state index in [1.165, 1.54) is 24.8 Å². The van der Waals surface area contributed by atoms with Crippen LogP contribution in [0.2, 0.25) is 5.02 Å². The molecule has 0 unspecified atom stereocenters. The number of aromatic amines is 1. The van der Waals surface area contributed by atoms with Crippen molar-refractivity contribution in [2.45, 2.75) is 39.0 Å². The molecule has 1 heterocycles. The molecule has 2 aromatic rings. The lowest BCUT2D eigenvalue weighted by Gasteiger charge is -2.08. The molecule has 1 N–H and O–H groups in total. The molecule has 0 atom stereocenters. The quantitative estimate of drug-likeness (QED) is 0.725. The van der Waals surface area contributed by atoms with E-state index in [2.05, 4.69) is 9.97 Å². The number of H-pyrrole nitrogens is 1. The molecule has 4 heteroatoms. The van der Waals surface area contributed by atoms with Gasteiger partial charge in [-0.25, -0.2) is 4.98 Å². The maximum atomic E-state index is 6.08. The molecule has 1 aromatic heterocycles. The Kier molecular flexibility index (Phi) is 5.93. The van der Waals surface area contributed by atoms with E-state index in [-0.39, 0.29) is 0 Å². The summed E-state index contributed by atoms with van der Waals surface area (Å²) in [4.78, 5) is 7.33. The first-order valence-corrected chi connectivity index (χ1v) is 7.51. The largest absolute Gasteiger partial charge is 0.492 e. The molecule has 0 saturated heterocycles. The Morgan fingerprint density at radius 1 is 1.20 bits per heavy atom. The lowest BCUT2D eigenvalue weighted by atomic mass is 10.1. The standard InChI is InChI=1S/C16H21ClN2O/c1-13-7-8-14(17)15(12-13)20-11-5-3-2-4-6-16-18-9-10-19-16/h7-10,12H,2-6,11H2,1H3,(H,18,19). The van der Waals surface area contributed by atoms with Gasteiger partial charge in [-0.15, -0.1) is 0 Å². The van der Waals surface area contributed by atoms with E-state index in [0.29, 0.717) is 5.02 Å². The van der Waals surface area contributed by atoms with Crippen LogP contribution in [-0.2, 0) is 6.42 Å². The van der Waals surface area contributed by atoms with Gasteiger partial charge in [0.1, 0.15) is 11.6 Å². The smallest absolute Gasteiger partial charge is 0.138 e. The Morgan fingerprint density at radius 2 is 2.05 bits per heavy atom. The highest BCUT2D eigenvalue weighted by Gasteiger charge is 2.01. The highest BCUT2D eigenvalue weighted by Crippen LogP contribution is 2.25. The van der Waals surface area contributed by atoms with Crippen molar-refractivity contribution in [2.75, 3.05) is 6.61 Å². The monoisotopic (exact) mass is 292 g/mol. The fraction of sp³-hybridized carbons (Fsp3) is 0.438. The van der Waals surface area contributed by atoms with Gasteiger partial charge in [0.2, 0.25) is 0 Å². The highest BCUT2D eigenvalue weighted by molar-refractivity contribution is 6.32. The molecule has 20 heavy (non-hydrogen) atoms. The summed E-state index contributed by atoms with van der Waals surface area (Å²) in [5.74, 6) is 1.87. The lowest BCUT2D eigenvalue weighted by molar-refractivity contribution is 0.304. The first kappa shape index (κ1) is 14.9. The Hall–Kier alpha value is -1.48. The van der Waals surface area contributed by atoms with Gasteiger partial charge in [0.25, 0.3) is 0 Å². The van der Waals surface area contributed by atoms with Crippen LogP contribution in [-0.4, -0.2) is 16.6 Å². The lowest BCUT2D eigenvalue weighted by Crippen LogP contribution is -1.98. The molecule has 0 saturated carbocycles. The molecule has 0 spiro atoms. The summed E-state index contributed by atoms with van der Waals surface area (Å²) in [6.07, 6.45) is 9.29. The fourth-order valence-corrected chi connectivity index (χ4v) is 2.26. The van der Waals surface area contributed by atoms with Gasteiger partial charge in [-0.05, 0) is 37.5 Å². The van der Waals surface area contributed by atoms with Crippen molar-refractivity contribution < 1.29 is 4.74 Å². The number of nitrogens with zero attached hydrogens (tertiary/aromatic N) is 1. The summed E-state index contributed by atoms with van der Waals surface area (Å²) in [6.45, 7) is 2.77. The van der Waals surface area contributed by atoms with E-state index in [0.717, 1.165) is 31.0 Å². The zero-order valence-electron chi connectivity index (χ0n) is 11.9. The van der Waals surface area contributed by atoms with Gasteiger partial charge in [-0.1, -0.05) is 30.5 Å². The molecule has 0 amide bonds. The van der Waals surface area contributed by atoms with E-state index < -0.39 is 0 Å². The van der Waals surface area contributed by atoms with Crippen molar-refractivity contribution in [1.82, 2.24) is 9.97 Å². The van der Waals surface area contributed by atoms with Crippen molar-refractivity contribution >= 4 is 11.6 Å². The van der Waals surface area contributed by atoms with E-state index in [1.807, 2.05) is 31.3 Å². The van der Waals surface area contributed by atoms with Crippen LogP contribution in [0.4, 0.5) is 0 Å². The van der Waals surface area contributed by atoms with Crippen LogP contribution in [0.25, 0.3) is 0 Å². The van der Waals surface area contributed by atoms with Crippen LogP contribution in [0.3, 0.4) is 0 Å². The number of aromatic nitrogens is 2. The van der Waals surface area contributed by atoms with Gasteiger partial charge in [0.05, 0.1) is 11.6 Å². The number of halogens is 1. The molecule has 0 bridgehead atoms. The van der Waals surface area contributed by atoms with Crippen molar-refractivity contribution in [2.24, 2.45) is 0 Å². The number of hydrogen-bond acceptors (Lipinski definition) is 2. The third-order valence-electron chi connectivity index (χ3n) is 3.21. The number of benzene rings is 1. The Labute approximate surface area is 125 Å². The summed E-state index contributed by atoms with van der Waals surface area (Å²) in [6, 6.07) is 5.86. The van der Waals surface area contributed by atoms with Crippen LogP contribution in [0.1, 0.15) is 37.1 Å². The molecule has 0 aliphatic heterocycles. The maximum Gasteiger partial charge on any atom is 0.138 e. The molecular formula is C16H21ClN2O. The second kappa shape index (κ2) is 7.95. The van der Waals surface area contributed by atoms with Gasteiger partial charge in [0.15, 0.2) is 0 Å². The minimum Gasteiger partial charge on any atom is -0.492 e. The van der Waals surface area contributed by atoms with Gasteiger partial charge >= 0.3 is 0 Å². The van der Waals surface area contributed by atoms with E-state index in [1.54, 1.807) is 6.20 Å². The molecule has 1 aromatic carbocycles. The van der Waals surface area contributed by atoms with Crippen LogP contribution in [0.5, 0.6) is 5.75 Å². The van der Waals surface area contributed by atoms with Crippen molar-refractivity contribution in [3.8, 4) is 5.75 Å². The average Bonchev–Trinajstić information content (AvgIpc) is 2.94. The molecule has 108 valence electrons. The number of imidazole rings is 1. The minimum absolute atomic E-state index is 0.688. The van der Waals surface area contributed by atoms with E-state index in [9.17, 15) is 0 Å². The predicted octanol–water partition coefficient (Wildman–Crippen LogP) is 4.55. The fourth-order valence-electron chi connectivity index (χ4n) is 2.09. The van der Waals surface area contributed by atoms with Gasteiger partial charge in [-0.2, -0.15) is 0 Å². The predicted molar refractivity (Wildman–Crippen MR) is 82.4 cm³/mol. The molecule has 0 aliphatic carbocycles. The summed E-state index contributed by atoms with van der Waals surface area (Å²) in [5, 5.41) is 0.688. The summed E-state index contributed by atoms with van der Waals surface area (Å²) >= 11 is 6.08. The first-order chi connectivity index (χ1) is 9.75. The second-order valence-electron chi connectivity index (χ2n) is 4.98. The summed E-state index contributed by atoms with van der Waals surface area (Å²) in [7, 11) is 0. The molecule has 0 radical (unpaired) electrons. The van der Waals surface area contributed by atoms with Crippen molar-refractivity contribution in [3.63, 3.8) is 0 Å². The number of ether oxygens (including phenoxy) is 1. The molecule has 0 aliphatic rings. The number of aryl methyl sites for hydroxylation is 2. The minimum atomic E-state index is 0.688. The van der Waals surface area contributed by atoms with Crippen molar-refractivity contribution in [1.29, 1.82) is 0 Å². The third kappa shape index (κ3) is 4.89. The maximum absolute atomic E-state index is 6.08. The average molecular weight is 293 g/mol. The zero-order chi connectivity index (χ0) is 14.2. The zero-order valence-corrected chi connectivity index (χ0v) is 12.6. The van der Waals surface area contributed by atoms with Crippen LogP contribution >= 0.6 is 11.6 Å². The number of unbranched alkanes of at least 4 members (excludes halogenated alkanes) is 3. The van der Waals surface area contributed by atoms with Crippen LogP contribution < -0.4 is 4.74 Å². The van der Waals surface area contributed by atoms with E-state index in [4.69, 9.17) is 16.3 Å².